The summed E-state index contributed by atoms with van der Waals surface area (Å²) in [6, 6.07) is 0. The van der Waals surface area contributed by atoms with Crippen molar-refractivity contribution in [2.45, 2.75) is 20.4 Å². The molecule has 0 spiro atoms. The van der Waals surface area contributed by atoms with Gasteiger partial charge in [0, 0.05) is 18.1 Å². The van der Waals surface area contributed by atoms with Gasteiger partial charge in [-0.2, -0.15) is 0 Å². The van der Waals surface area contributed by atoms with Gasteiger partial charge in [-0.1, -0.05) is 29.8 Å². The fourth-order valence-electron chi connectivity index (χ4n) is 1.31. The minimum Gasteiger partial charge on any atom is -0.299 e. The summed E-state index contributed by atoms with van der Waals surface area (Å²) in [6.45, 7) is 4.81. The van der Waals surface area contributed by atoms with Crippen LogP contribution in [0.15, 0.2) is 20.3 Å². The monoisotopic (exact) mass is 352 g/mol. The number of H-pyrrole nitrogens is 1. The first-order valence-corrected chi connectivity index (χ1v) is 6.92. The van der Waals surface area contributed by atoms with Crippen molar-refractivity contribution >= 4 is 31.9 Å². The third-order valence-corrected chi connectivity index (χ3v) is 3.94. The van der Waals surface area contributed by atoms with Gasteiger partial charge in [-0.15, -0.1) is 0 Å². The van der Waals surface area contributed by atoms with Crippen LogP contribution in [0.3, 0.4) is 0 Å². The van der Waals surface area contributed by atoms with Crippen LogP contribution in [0.2, 0.25) is 0 Å². The van der Waals surface area contributed by atoms with E-state index in [-0.39, 0.29) is 11.2 Å². The van der Waals surface area contributed by atoms with Gasteiger partial charge in [-0.25, -0.2) is 4.79 Å². The van der Waals surface area contributed by atoms with Gasteiger partial charge in [-0.3, -0.25) is 14.3 Å². The summed E-state index contributed by atoms with van der Waals surface area (Å²) in [6.07, 6.45) is 1.54. The molecule has 1 atom stereocenters. The Morgan fingerprint density at radius 2 is 2.06 bits per heavy atom. The van der Waals surface area contributed by atoms with Crippen LogP contribution in [0.4, 0.5) is 0 Å². The van der Waals surface area contributed by atoms with Crippen LogP contribution in [0.1, 0.15) is 13.8 Å². The zero-order valence-corrected chi connectivity index (χ0v) is 12.3. The smallest absolute Gasteiger partial charge is 0.299 e. The van der Waals surface area contributed by atoms with E-state index in [0.29, 0.717) is 22.9 Å². The molecule has 0 bridgehead atoms. The highest BCUT2D eigenvalue weighted by atomic mass is 79.9. The number of halogens is 2. The third-order valence-electron chi connectivity index (χ3n) is 2.54. The van der Waals surface area contributed by atoms with E-state index in [2.05, 4.69) is 50.7 Å². The summed E-state index contributed by atoms with van der Waals surface area (Å²) in [5, 5.41) is 0.827. The van der Waals surface area contributed by atoms with E-state index < -0.39 is 0 Å². The lowest BCUT2D eigenvalue weighted by Crippen LogP contribution is -2.33. The summed E-state index contributed by atoms with van der Waals surface area (Å²) in [5.41, 5.74) is -0.749. The van der Waals surface area contributed by atoms with Gasteiger partial charge in [-0.05, 0) is 27.8 Å². The van der Waals surface area contributed by atoms with E-state index in [9.17, 15) is 9.59 Å². The number of nitrogens with zero attached hydrogens (tertiary/aromatic N) is 1. The minimum absolute atomic E-state index is 0.357. The molecule has 0 saturated carbocycles. The van der Waals surface area contributed by atoms with Crippen molar-refractivity contribution in [3.63, 3.8) is 0 Å². The van der Waals surface area contributed by atoms with Gasteiger partial charge in [0.1, 0.15) is 0 Å². The summed E-state index contributed by atoms with van der Waals surface area (Å²) < 4.78 is 1.90. The van der Waals surface area contributed by atoms with Crippen molar-refractivity contribution < 1.29 is 0 Å². The Morgan fingerprint density at radius 3 is 2.56 bits per heavy atom. The molecule has 6 heteroatoms. The Hall–Kier alpha value is -0.360. The highest BCUT2D eigenvalue weighted by molar-refractivity contribution is 9.10. The molecule has 0 aromatic carbocycles. The largest absolute Gasteiger partial charge is 0.328 e. The Labute approximate surface area is 110 Å². The average molecular weight is 354 g/mol. The molecule has 0 aliphatic heterocycles. The van der Waals surface area contributed by atoms with Crippen molar-refractivity contribution in [3.8, 4) is 0 Å². The number of aromatic amines is 1. The molecule has 1 rings (SSSR count). The van der Waals surface area contributed by atoms with Crippen molar-refractivity contribution in [1.82, 2.24) is 9.55 Å². The molecule has 1 heterocycles. The van der Waals surface area contributed by atoms with Crippen LogP contribution in [0.5, 0.6) is 0 Å². The molecule has 1 N–H and O–H groups in total. The molecule has 4 nitrogen and oxygen atoms in total. The van der Waals surface area contributed by atoms with Gasteiger partial charge in [0.15, 0.2) is 0 Å². The molecule has 0 saturated heterocycles. The number of alkyl halides is 1. The standard InChI is InChI=1S/C10H14Br2N2O2/c1-6(2)7(3-11)4-14-5-8(12)9(15)13-10(14)16/h5-7H,3-4H2,1-2H3,(H,13,15,16). The van der Waals surface area contributed by atoms with Crippen molar-refractivity contribution in [1.29, 1.82) is 0 Å². The number of nitrogens with one attached hydrogen (secondary N) is 1. The van der Waals surface area contributed by atoms with E-state index in [4.69, 9.17) is 0 Å². The zero-order valence-electron chi connectivity index (χ0n) is 9.17. The molecule has 16 heavy (non-hydrogen) atoms. The number of aromatic nitrogens is 2. The maximum Gasteiger partial charge on any atom is 0.328 e. The quantitative estimate of drug-likeness (QED) is 0.841. The molecule has 90 valence electrons. The summed E-state index contributed by atoms with van der Waals surface area (Å²) >= 11 is 6.55. The molecule has 1 unspecified atom stereocenters. The van der Waals surface area contributed by atoms with Crippen LogP contribution < -0.4 is 11.2 Å². The van der Waals surface area contributed by atoms with Gasteiger partial charge in [0.05, 0.1) is 4.47 Å². The second-order valence-corrected chi connectivity index (χ2v) is 5.55. The summed E-state index contributed by atoms with van der Waals surface area (Å²) in [7, 11) is 0. The lowest BCUT2D eigenvalue weighted by molar-refractivity contribution is 0.365. The summed E-state index contributed by atoms with van der Waals surface area (Å²) in [4.78, 5) is 25.0. The second kappa shape index (κ2) is 5.82. The number of rotatable bonds is 4. The molecule has 0 fully saturated rings. The molecule has 1 aromatic rings. The maximum absolute atomic E-state index is 11.5. The topological polar surface area (TPSA) is 54.9 Å². The van der Waals surface area contributed by atoms with Crippen LogP contribution in [-0.4, -0.2) is 14.9 Å². The van der Waals surface area contributed by atoms with Gasteiger partial charge in [0.2, 0.25) is 0 Å². The highest BCUT2D eigenvalue weighted by Gasteiger charge is 2.14. The first-order valence-electron chi connectivity index (χ1n) is 5.01. The number of hydrogen-bond donors (Lipinski definition) is 1. The van der Waals surface area contributed by atoms with Crippen LogP contribution >= 0.6 is 31.9 Å². The molecule has 0 radical (unpaired) electrons. The van der Waals surface area contributed by atoms with Crippen molar-refractivity contribution in [3.05, 3.63) is 31.5 Å². The van der Waals surface area contributed by atoms with Gasteiger partial charge in [0.25, 0.3) is 5.56 Å². The Kier molecular flexibility index (Phi) is 4.98. The molecule has 0 amide bonds. The normalized spacial score (nSPS) is 13.1. The third kappa shape index (κ3) is 3.31. The van der Waals surface area contributed by atoms with E-state index in [1.807, 2.05) is 0 Å². The van der Waals surface area contributed by atoms with Gasteiger partial charge >= 0.3 is 5.69 Å². The predicted octanol–water partition coefficient (Wildman–Crippen LogP) is 1.97. The highest BCUT2D eigenvalue weighted by Crippen LogP contribution is 2.15. The van der Waals surface area contributed by atoms with Crippen LogP contribution in [0.25, 0.3) is 0 Å². The molecular formula is C10H14Br2N2O2. The van der Waals surface area contributed by atoms with Crippen LogP contribution in [0, 0.1) is 11.8 Å². The first kappa shape index (κ1) is 13.7. The first-order chi connectivity index (χ1) is 7.45. The van der Waals surface area contributed by atoms with E-state index >= 15 is 0 Å². The lowest BCUT2D eigenvalue weighted by Gasteiger charge is -2.19. The van der Waals surface area contributed by atoms with E-state index in [0.717, 1.165) is 5.33 Å². The van der Waals surface area contributed by atoms with E-state index in [1.165, 1.54) is 4.57 Å². The maximum atomic E-state index is 11.5. The Morgan fingerprint density at radius 1 is 1.44 bits per heavy atom. The van der Waals surface area contributed by atoms with Crippen molar-refractivity contribution in [2.24, 2.45) is 11.8 Å². The molecular weight excluding hydrogens is 340 g/mol. The Bertz CT molecular complexity index is 465. The summed E-state index contributed by atoms with van der Waals surface area (Å²) in [5.74, 6) is 0.826. The van der Waals surface area contributed by atoms with Crippen molar-refractivity contribution in [2.75, 3.05) is 5.33 Å². The van der Waals surface area contributed by atoms with Crippen LogP contribution in [-0.2, 0) is 6.54 Å². The fraction of sp³-hybridized carbons (Fsp3) is 0.600. The molecule has 0 aliphatic rings. The lowest BCUT2D eigenvalue weighted by atomic mass is 9.98. The molecule has 0 aliphatic carbocycles. The SMILES string of the molecule is CC(C)C(CBr)Cn1cc(Br)c(=O)[nH]c1=O. The predicted molar refractivity (Wildman–Crippen MR) is 71.1 cm³/mol. The van der Waals surface area contributed by atoms with E-state index in [1.54, 1.807) is 6.20 Å². The zero-order chi connectivity index (χ0) is 12.3. The molecule has 1 aromatic heterocycles. The van der Waals surface area contributed by atoms with Gasteiger partial charge < -0.3 is 0 Å². The average Bonchev–Trinajstić information content (AvgIpc) is 2.21. The number of hydrogen-bond acceptors (Lipinski definition) is 2. The fourth-order valence-corrected chi connectivity index (χ4v) is 2.61. The Balaban J connectivity index is 3.01. The minimum atomic E-state index is -0.388. The second-order valence-electron chi connectivity index (χ2n) is 4.05.